The van der Waals surface area contributed by atoms with E-state index in [9.17, 15) is 0 Å². The van der Waals surface area contributed by atoms with E-state index in [1.54, 1.807) is 17.1 Å². The highest BCUT2D eigenvalue weighted by Crippen LogP contribution is 2.20. The van der Waals surface area contributed by atoms with Crippen LogP contribution in [0.25, 0.3) is 5.82 Å². The molecule has 0 aliphatic heterocycles. The number of anilines is 1. The minimum absolute atomic E-state index is 0.681. The van der Waals surface area contributed by atoms with Crippen LogP contribution in [-0.4, -0.2) is 14.8 Å². The lowest BCUT2D eigenvalue weighted by Gasteiger charge is -2.11. The summed E-state index contributed by atoms with van der Waals surface area (Å²) in [5.74, 6) is 0.778. The molecule has 0 fully saturated rings. The molecule has 0 unspecified atom stereocenters. The Morgan fingerprint density at radius 2 is 2.10 bits per heavy atom. The maximum absolute atomic E-state index is 6.15. The predicted molar refractivity (Wildman–Crippen MR) is 84.9 cm³/mol. The summed E-state index contributed by atoms with van der Waals surface area (Å²) in [6.07, 6.45) is 5.36. The smallest absolute Gasteiger partial charge is 0.176 e. The molecular formula is C16H15ClN4. The van der Waals surface area contributed by atoms with Gasteiger partial charge in [-0.1, -0.05) is 23.7 Å². The van der Waals surface area contributed by atoms with Crippen molar-refractivity contribution in [2.45, 2.75) is 13.5 Å². The fraction of sp³-hybridized carbons (Fsp3) is 0.125. The molecule has 3 rings (SSSR count). The number of aromatic nitrogens is 3. The van der Waals surface area contributed by atoms with Crippen LogP contribution in [0.4, 0.5) is 5.69 Å². The molecule has 0 bridgehead atoms. The van der Waals surface area contributed by atoms with E-state index in [-0.39, 0.29) is 0 Å². The molecule has 0 radical (unpaired) electrons. The molecule has 1 aromatic carbocycles. The van der Waals surface area contributed by atoms with E-state index in [4.69, 9.17) is 11.6 Å². The predicted octanol–water partition coefficient (Wildman–Crippen LogP) is 3.84. The normalized spacial score (nSPS) is 10.6. The fourth-order valence-corrected chi connectivity index (χ4v) is 2.26. The van der Waals surface area contributed by atoms with E-state index < -0.39 is 0 Å². The Balaban J connectivity index is 1.81. The Kier molecular flexibility index (Phi) is 3.88. The molecule has 0 aliphatic carbocycles. The zero-order chi connectivity index (χ0) is 14.7. The first-order chi connectivity index (χ1) is 10.2. The van der Waals surface area contributed by atoms with Crippen molar-refractivity contribution >= 4 is 17.3 Å². The van der Waals surface area contributed by atoms with Crippen molar-refractivity contribution in [2.75, 3.05) is 5.32 Å². The van der Waals surface area contributed by atoms with Gasteiger partial charge in [0.25, 0.3) is 0 Å². The van der Waals surface area contributed by atoms with E-state index >= 15 is 0 Å². The van der Waals surface area contributed by atoms with Crippen molar-refractivity contribution in [1.29, 1.82) is 0 Å². The Morgan fingerprint density at radius 1 is 1.19 bits per heavy atom. The number of hydrogen-bond acceptors (Lipinski definition) is 3. The van der Waals surface area contributed by atoms with Crippen LogP contribution in [0.1, 0.15) is 11.1 Å². The molecule has 106 valence electrons. The van der Waals surface area contributed by atoms with Crippen LogP contribution in [0.2, 0.25) is 5.02 Å². The second-order valence-corrected chi connectivity index (χ2v) is 5.17. The number of rotatable bonds is 4. The molecular weight excluding hydrogens is 284 g/mol. The van der Waals surface area contributed by atoms with Gasteiger partial charge in [-0.3, -0.25) is 0 Å². The molecule has 0 saturated carbocycles. The highest BCUT2D eigenvalue weighted by Gasteiger charge is 2.06. The molecule has 21 heavy (non-hydrogen) atoms. The van der Waals surface area contributed by atoms with Gasteiger partial charge in [0.15, 0.2) is 5.82 Å². The number of halogens is 1. The lowest BCUT2D eigenvalue weighted by atomic mass is 10.1. The van der Waals surface area contributed by atoms with Crippen LogP contribution in [0.3, 0.4) is 0 Å². The summed E-state index contributed by atoms with van der Waals surface area (Å²) in [7, 11) is 0. The van der Waals surface area contributed by atoms with Crippen molar-refractivity contribution in [3.63, 3.8) is 0 Å². The molecule has 5 heteroatoms. The standard InChI is InChI=1S/C16H15ClN4/c1-12-5-6-13(10-14(12)17)11-19-15-4-2-7-18-16(15)21-9-3-8-20-21/h2-10,19H,11H2,1H3. The van der Waals surface area contributed by atoms with E-state index in [1.807, 2.05) is 43.5 Å². The minimum atomic E-state index is 0.681. The third kappa shape index (κ3) is 3.06. The van der Waals surface area contributed by atoms with Gasteiger partial charge in [-0.2, -0.15) is 5.10 Å². The van der Waals surface area contributed by atoms with Gasteiger partial charge in [0.1, 0.15) is 0 Å². The summed E-state index contributed by atoms with van der Waals surface area (Å²) >= 11 is 6.15. The van der Waals surface area contributed by atoms with Gasteiger partial charge in [0.05, 0.1) is 5.69 Å². The summed E-state index contributed by atoms with van der Waals surface area (Å²) in [5.41, 5.74) is 3.14. The number of nitrogens with zero attached hydrogens (tertiary/aromatic N) is 3. The number of hydrogen-bond donors (Lipinski definition) is 1. The van der Waals surface area contributed by atoms with Gasteiger partial charge < -0.3 is 5.32 Å². The van der Waals surface area contributed by atoms with Gasteiger partial charge in [-0.15, -0.1) is 0 Å². The maximum atomic E-state index is 6.15. The van der Waals surface area contributed by atoms with E-state index in [0.29, 0.717) is 6.54 Å². The van der Waals surface area contributed by atoms with E-state index in [0.717, 1.165) is 27.7 Å². The molecule has 0 saturated heterocycles. The van der Waals surface area contributed by atoms with Gasteiger partial charge >= 0.3 is 0 Å². The summed E-state index contributed by atoms with van der Waals surface area (Å²) in [4.78, 5) is 4.38. The minimum Gasteiger partial charge on any atom is -0.378 e. The first-order valence-corrected chi connectivity index (χ1v) is 7.06. The maximum Gasteiger partial charge on any atom is 0.176 e. The summed E-state index contributed by atoms with van der Waals surface area (Å²) in [6.45, 7) is 2.68. The Morgan fingerprint density at radius 3 is 2.86 bits per heavy atom. The monoisotopic (exact) mass is 298 g/mol. The Labute approximate surface area is 128 Å². The van der Waals surface area contributed by atoms with Crippen LogP contribution in [0.15, 0.2) is 55.0 Å². The number of pyridine rings is 1. The van der Waals surface area contributed by atoms with Crippen LogP contribution in [0, 0.1) is 6.92 Å². The number of nitrogens with one attached hydrogen (secondary N) is 1. The van der Waals surface area contributed by atoms with E-state index in [2.05, 4.69) is 21.5 Å². The molecule has 0 amide bonds. The van der Waals surface area contributed by atoms with E-state index in [1.165, 1.54) is 0 Å². The number of benzene rings is 1. The third-order valence-electron chi connectivity index (χ3n) is 3.23. The Bertz CT molecular complexity index is 738. The van der Waals surface area contributed by atoms with Crippen LogP contribution >= 0.6 is 11.6 Å². The average Bonchev–Trinajstić information content (AvgIpc) is 3.03. The van der Waals surface area contributed by atoms with Crippen LogP contribution < -0.4 is 5.32 Å². The van der Waals surface area contributed by atoms with Crippen molar-refractivity contribution in [1.82, 2.24) is 14.8 Å². The highest BCUT2D eigenvalue weighted by molar-refractivity contribution is 6.31. The SMILES string of the molecule is Cc1ccc(CNc2cccnc2-n2cccn2)cc1Cl. The van der Waals surface area contributed by atoms with Gasteiger partial charge in [0, 0.05) is 30.2 Å². The molecule has 0 atom stereocenters. The summed E-state index contributed by atoms with van der Waals surface area (Å²) in [5, 5.41) is 8.39. The zero-order valence-corrected chi connectivity index (χ0v) is 12.4. The molecule has 0 aliphatic rings. The van der Waals surface area contributed by atoms with Crippen molar-refractivity contribution in [2.24, 2.45) is 0 Å². The first kappa shape index (κ1) is 13.6. The second kappa shape index (κ2) is 5.97. The zero-order valence-electron chi connectivity index (χ0n) is 11.6. The highest BCUT2D eigenvalue weighted by atomic mass is 35.5. The van der Waals surface area contributed by atoms with Crippen LogP contribution in [0.5, 0.6) is 0 Å². The molecule has 4 nitrogen and oxygen atoms in total. The Hall–Kier alpha value is -2.33. The van der Waals surface area contributed by atoms with Gasteiger partial charge in [-0.25, -0.2) is 9.67 Å². The first-order valence-electron chi connectivity index (χ1n) is 6.68. The van der Waals surface area contributed by atoms with Crippen molar-refractivity contribution < 1.29 is 0 Å². The summed E-state index contributed by atoms with van der Waals surface area (Å²) in [6, 6.07) is 11.8. The third-order valence-corrected chi connectivity index (χ3v) is 3.63. The molecule has 0 spiro atoms. The number of aryl methyl sites for hydroxylation is 1. The quantitative estimate of drug-likeness (QED) is 0.796. The molecule has 1 N–H and O–H groups in total. The van der Waals surface area contributed by atoms with Crippen LogP contribution in [-0.2, 0) is 6.54 Å². The molecule has 3 aromatic rings. The molecule has 2 aromatic heterocycles. The van der Waals surface area contributed by atoms with Gasteiger partial charge in [0.2, 0.25) is 0 Å². The molecule has 2 heterocycles. The fourth-order valence-electron chi connectivity index (χ4n) is 2.06. The second-order valence-electron chi connectivity index (χ2n) is 4.76. The largest absolute Gasteiger partial charge is 0.378 e. The average molecular weight is 299 g/mol. The van der Waals surface area contributed by atoms with Gasteiger partial charge in [-0.05, 0) is 42.3 Å². The topological polar surface area (TPSA) is 42.7 Å². The lowest BCUT2D eigenvalue weighted by Crippen LogP contribution is -2.06. The van der Waals surface area contributed by atoms with Crippen molar-refractivity contribution in [3.05, 3.63) is 71.1 Å². The van der Waals surface area contributed by atoms with Crippen molar-refractivity contribution in [3.8, 4) is 5.82 Å². The lowest BCUT2D eigenvalue weighted by molar-refractivity contribution is 0.846. The summed E-state index contributed by atoms with van der Waals surface area (Å²) < 4.78 is 1.74.